The molecule has 0 radical (unpaired) electrons. The van der Waals surface area contributed by atoms with Crippen LogP contribution in [0.3, 0.4) is 0 Å². The van der Waals surface area contributed by atoms with Crippen LogP contribution < -0.4 is 10.3 Å². The van der Waals surface area contributed by atoms with Crippen molar-refractivity contribution in [2.75, 3.05) is 0 Å². The first-order chi connectivity index (χ1) is 11.3. The van der Waals surface area contributed by atoms with Gasteiger partial charge in [0.2, 0.25) is 0 Å². The van der Waals surface area contributed by atoms with E-state index in [1.54, 1.807) is 30.3 Å². The van der Waals surface area contributed by atoms with Crippen LogP contribution in [0.25, 0.3) is 0 Å². The van der Waals surface area contributed by atoms with E-state index in [1.807, 2.05) is 0 Å². The highest BCUT2D eigenvalue weighted by Gasteiger charge is 2.17. The van der Waals surface area contributed by atoms with Crippen molar-refractivity contribution in [3.63, 3.8) is 0 Å². The summed E-state index contributed by atoms with van der Waals surface area (Å²) >= 11 is 5.91. The van der Waals surface area contributed by atoms with Gasteiger partial charge in [-0.3, -0.25) is 10.2 Å². The Labute approximate surface area is 147 Å². The summed E-state index contributed by atoms with van der Waals surface area (Å²) in [6, 6.07) is 13.0. The summed E-state index contributed by atoms with van der Waals surface area (Å²) in [4.78, 5) is 14.2. The van der Waals surface area contributed by atoms with Gasteiger partial charge in [-0.15, -0.1) is 4.83 Å². The number of hydrogen-bond acceptors (Lipinski definition) is 3. The number of sulfonamides is 1. The van der Waals surface area contributed by atoms with Gasteiger partial charge in [0.1, 0.15) is 0 Å². The smallest absolute Gasteiger partial charge is 0.267 e. The Bertz CT molecular complexity index is 820. The summed E-state index contributed by atoms with van der Waals surface area (Å²) < 4.78 is 24.5. The normalized spacial score (nSPS) is 12.6. The Kier molecular flexibility index (Phi) is 5.99. The lowest BCUT2D eigenvalue weighted by Crippen LogP contribution is -2.41. The van der Waals surface area contributed by atoms with Crippen LogP contribution in [0, 0.1) is 0 Å². The van der Waals surface area contributed by atoms with Crippen molar-refractivity contribution in [1.29, 1.82) is 0 Å². The number of hydrazine groups is 1. The van der Waals surface area contributed by atoms with Crippen molar-refractivity contribution < 1.29 is 13.2 Å². The van der Waals surface area contributed by atoms with Crippen LogP contribution in [0.2, 0.25) is 5.02 Å². The number of amides is 1. The molecule has 1 amide bonds. The number of carbonyl (C=O) groups is 1. The first-order valence-electron chi connectivity index (χ1n) is 7.51. The van der Waals surface area contributed by atoms with Crippen molar-refractivity contribution in [2.45, 2.75) is 31.1 Å². The van der Waals surface area contributed by atoms with Gasteiger partial charge in [-0.1, -0.05) is 49.7 Å². The molecular formula is C17H19ClN2O3S. The Hall–Kier alpha value is -1.89. The number of halogens is 1. The van der Waals surface area contributed by atoms with E-state index in [1.165, 1.54) is 18.2 Å². The molecule has 2 N–H and O–H groups in total. The highest BCUT2D eigenvalue weighted by molar-refractivity contribution is 7.89. The minimum Gasteiger partial charge on any atom is -0.273 e. The van der Waals surface area contributed by atoms with E-state index in [0.717, 1.165) is 12.0 Å². The summed E-state index contributed by atoms with van der Waals surface area (Å²) in [5, 5.41) is 0.243. The maximum atomic E-state index is 12.2. The second kappa shape index (κ2) is 7.79. The first kappa shape index (κ1) is 18.4. The summed E-state index contributed by atoms with van der Waals surface area (Å²) in [7, 11) is -3.85. The predicted octanol–water partition coefficient (Wildman–Crippen LogP) is 3.48. The topological polar surface area (TPSA) is 75.3 Å². The zero-order valence-electron chi connectivity index (χ0n) is 13.4. The molecule has 0 aromatic heterocycles. The lowest BCUT2D eigenvalue weighted by Gasteiger charge is -2.11. The standard InChI is InChI=1S/C17H19ClN2O3S/c1-3-12(2)13-8-10-14(11-9-13)24(22,23)20-19-17(21)15-6-4-5-7-16(15)18/h4-12,20H,3H2,1-2H3,(H,19,21)/t12-/m0/s1. The zero-order chi connectivity index (χ0) is 17.7. The molecule has 5 nitrogen and oxygen atoms in total. The molecule has 2 aromatic rings. The number of carbonyl (C=O) groups excluding carboxylic acids is 1. The van der Waals surface area contributed by atoms with Gasteiger partial charge in [0, 0.05) is 0 Å². The molecule has 0 heterocycles. The maximum absolute atomic E-state index is 12.2. The van der Waals surface area contributed by atoms with Gasteiger partial charge in [0.05, 0.1) is 15.5 Å². The van der Waals surface area contributed by atoms with Crippen LogP contribution in [0.4, 0.5) is 0 Å². The number of benzene rings is 2. The Morgan fingerprint density at radius 3 is 2.33 bits per heavy atom. The third kappa shape index (κ3) is 4.35. The van der Waals surface area contributed by atoms with Crippen LogP contribution in [0.5, 0.6) is 0 Å². The Balaban J connectivity index is 2.09. The number of nitrogens with one attached hydrogen (secondary N) is 2. The molecule has 0 fully saturated rings. The van der Waals surface area contributed by atoms with Crippen LogP contribution in [-0.4, -0.2) is 14.3 Å². The van der Waals surface area contributed by atoms with Crippen molar-refractivity contribution in [1.82, 2.24) is 10.3 Å². The van der Waals surface area contributed by atoms with Crippen molar-refractivity contribution in [3.8, 4) is 0 Å². The van der Waals surface area contributed by atoms with Crippen LogP contribution in [-0.2, 0) is 10.0 Å². The van der Waals surface area contributed by atoms with E-state index < -0.39 is 15.9 Å². The molecule has 24 heavy (non-hydrogen) atoms. The summed E-state index contributed by atoms with van der Waals surface area (Å²) in [5.74, 6) is -0.268. The first-order valence-corrected chi connectivity index (χ1v) is 9.38. The van der Waals surface area contributed by atoms with Gasteiger partial charge in [0.25, 0.3) is 15.9 Å². The molecule has 0 bridgehead atoms. The number of rotatable bonds is 6. The monoisotopic (exact) mass is 366 g/mol. The lowest BCUT2D eigenvalue weighted by molar-refractivity contribution is 0.0945. The molecule has 1 atom stereocenters. The summed E-state index contributed by atoms with van der Waals surface area (Å²) in [6.45, 7) is 4.15. The van der Waals surface area contributed by atoms with E-state index in [4.69, 9.17) is 11.6 Å². The van der Waals surface area contributed by atoms with Gasteiger partial charge >= 0.3 is 0 Å². The maximum Gasteiger partial charge on any atom is 0.267 e. The van der Waals surface area contributed by atoms with Crippen LogP contribution in [0.1, 0.15) is 42.1 Å². The van der Waals surface area contributed by atoms with Crippen molar-refractivity contribution in [2.24, 2.45) is 0 Å². The average molecular weight is 367 g/mol. The molecule has 0 spiro atoms. The van der Waals surface area contributed by atoms with E-state index >= 15 is 0 Å². The van der Waals surface area contributed by atoms with Gasteiger partial charge in [-0.2, -0.15) is 0 Å². The van der Waals surface area contributed by atoms with Gasteiger partial charge < -0.3 is 0 Å². The zero-order valence-corrected chi connectivity index (χ0v) is 15.0. The quantitative estimate of drug-likeness (QED) is 0.768. The molecular weight excluding hydrogens is 348 g/mol. The SMILES string of the molecule is CC[C@H](C)c1ccc(S(=O)(=O)NNC(=O)c2ccccc2Cl)cc1. The molecule has 0 aliphatic carbocycles. The second-order valence-electron chi connectivity index (χ2n) is 5.42. The number of hydrogen-bond donors (Lipinski definition) is 2. The highest BCUT2D eigenvalue weighted by Crippen LogP contribution is 2.20. The molecule has 2 aromatic carbocycles. The van der Waals surface area contributed by atoms with Crippen molar-refractivity contribution >= 4 is 27.5 Å². The molecule has 0 aliphatic rings. The predicted molar refractivity (Wildman–Crippen MR) is 94.4 cm³/mol. The molecule has 0 unspecified atom stereocenters. The minimum atomic E-state index is -3.85. The van der Waals surface area contributed by atoms with Gasteiger partial charge in [-0.05, 0) is 42.2 Å². The molecule has 2 rings (SSSR count). The minimum absolute atomic E-state index is 0.0778. The van der Waals surface area contributed by atoms with Crippen LogP contribution in [0.15, 0.2) is 53.4 Å². The fraction of sp³-hybridized carbons (Fsp3) is 0.235. The average Bonchev–Trinajstić information content (AvgIpc) is 2.59. The molecule has 0 saturated carbocycles. The third-order valence-corrected chi connectivity index (χ3v) is 5.38. The molecule has 7 heteroatoms. The van der Waals surface area contributed by atoms with Crippen LogP contribution >= 0.6 is 11.6 Å². The molecule has 0 aliphatic heterocycles. The lowest BCUT2D eigenvalue weighted by atomic mass is 9.99. The second-order valence-corrected chi connectivity index (χ2v) is 7.51. The largest absolute Gasteiger partial charge is 0.273 e. The van der Waals surface area contributed by atoms with E-state index in [2.05, 4.69) is 24.1 Å². The van der Waals surface area contributed by atoms with E-state index in [0.29, 0.717) is 5.92 Å². The summed E-state index contributed by atoms with van der Waals surface area (Å²) in [5.41, 5.74) is 3.42. The third-order valence-electron chi connectivity index (χ3n) is 3.79. The fourth-order valence-electron chi connectivity index (χ4n) is 2.10. The van der Waals surface area contributed by atoms with E-state index in [-0.39, 0.29) is 15.5 Å². The molecule has 128 valence electrons. The van der Waals surface area contributed by atoms with Gasteiger partial charge in [-0.25, -0.2) is 8.42 Å². The Morgan fingerprint density at radius 2 is 1.75 bits per heavy atom. The summed E-state index contributed by atoms with van der Waals surface area (Å²) in [6.07, 6.45) is 0.970. The van der Waals surface area contributed by atoms with Crippen molar-refractivity contribution in [3.05, 3.63) is 64.7 Å². The Morgan fingerprint density at radius 1 is 1.12 bits per heavy atom. The molecule has 0 saturated heterocycles. The van der Waals surface area contributed by atoms with Gasteiger partial charge in [0.15, 0.2) is 0 Å². The fourth-order valence-corrected chi connectivity index (χ4v) is 3.16. The van der Waals surface area contributed by atoms with E-state index in [9.17, 15) is 13.2 Å². The highest BCUT2D eigenvalue weighted by atomic mass is 35.5.